The van der Waals surface area contributed by atoms with Crippen LogP contribution in [-0.2, 0) is 0 Å². The van der Waals surface area contributed by atoms with Gasteiger partial charge in [0.05, 0.1) is 5.69 Å². The first-order valence-corrected chi connectivity index (χ1v) is 4.22. The Bertz CT molecular complexity index is 365. The fourth-order valence-electron chi connectivity index (χ4n) is 0.938. The number of nitrogens with zero attached hydrogens (tertiary/aromatic N) is 4. The molecule has 1 heterocycles. The van der Waals surface area contributed by atoms with Gasteiger partial charge in [0, 0.05) is 23.3 Å². The Balaban J connectivity index is 2.47. The van der Waals surface area contributed by atoms with Crippen LogP contribution in [0.25, 0.3) is 16.5 Å². The van der Waals surface area contributed by atoms with Crippen LogP contribution in [0.4, 0.5) is 5.69 Å². The topological polar surface area (TPSA) is 87.7 Å². The number of hydrogen-bond acceptors (Lipinski definition) is 3. The van der Waals surface area contributed by atoms with Crippen LogP contribution < -0.4 is 5.73 Å². The molecule has 0 saturated heterocycles. The van der Waals surface area contributed by atoms with Crippen molar-refractivity contribution in [1.29, 1.82) is 0 Å². The van der Waals surface area contributed by atoms with Gasteiger partial charge in [-0.25, -0.2) is 0 Å². The van der Waals surface area contributed by atoms with E-state index in [2.05, 4.69) is 15.0 Å². The molecule has 0 saturated carbocycles. The molecule has 0 atom stereocenters. The lowest BCUT2D eigenvalue weighted by Gasteiger charge is -1.93. The molecule has 0 unspecified atom stereocenters. The van der Waals surface area contributed by atoms with E-state index in [0.29, 0.717) is 18.7 Å². The van der Waals surface area contributed by atoms with E-state index in [1.807, 2.05) is 12.2 Å². The average Bonchev–Trinajstić information content (AvgIpc) is 2.18. The van der Waals surface area contributed by atoms with Gasteiger partial charge in [0.2, 0.25) is 0 Å². The van der Waals surface area contributed by atoms with Crippen molar-refractivity contribution in [3.63, 3.8) is 0 Å². The van der Waals surface area contributed by atoms with Gasteiger partial charge in [0.25, 0.3) is 0 Å². The molecule has 72 valence electrons. The highest BCUT2D eigenvalue weighted by Gasteiger charge is 1.88. The lowest BCUT2D eigenvalue weighted by atomic mass is 10.3. The van der Waals surface area contributed by atoms with Crippen LogP contribution in [0.2, 0.25) is 0 Å². The second-order valence-electron chi connectivity index (χ2n) is 2.66. The predicted octanol–water partition coefficient (Wildman–Crippen LogP) is 2.38. The lowest BCUT2D eigenvalue weighted by molar-refractivity contribution is 0.995. The second-order valence-corrected chi connectivity index (χ2v) is 2.66. The highest BCUT2D eigenvalue weighted by molar-refractivity contribution is 5.50. The summed E-state index contributed by atoms with van der Waals surface area (Å²) in [5, 5.41) is 3.40. The predicted molar refractivity (Wildman–Crippen MR) is 56.3 cm³/mol. The zero-order valence-corrected chi connectivity index (χ0v) is 7.67. The van der Waals surface area contributed by atoms with Crippen LogP contribution in [0.3, 0.4) is 0 Å². The number of hydrogen-bond donors (Lipinski definition) is 1. The first kappa shape index (κ1) is 10.1. The average molecular weight is 189 g/mol. The molecule has 5 heteroatoms. The number of nitrogen functional groups attached to an aromatic ring is 1. The third kappa shape index (κ3) is 3.60. The van der Waals surface area contributed by atoms with E-state index in [4.69, 9.17) is 11.3 Å². The zero-order valence-electron chi connectivity index (χ0n) is 7.67. The van der Waals surface area contributed by atoms with Gasteiger partial charge in [0.1, 0.15) is 0 Å². The van der Waals surface area contributed by atoms with Crippen molar-refractivity contribution in [3.05, 3.63) is 40.5 Å². The molecule has 0 spiro atoms. The van der Waals surface area contributed by atoms with E-state index in [1.54, 1.807) is 18.3 Å². The number of rotatable bonds is 4. The Morgan fingerprint density at radius 1 is 1.64 bits per heavy atom. The largest absolute Gasteiger partial charge is 0.399 e. The number of nitrogens with two attached hydrogens (primary N) is 1. The SMILES string of the molecule is [N-]=[N+]=NCCC=Cc1cc(N)ccn1. The summed E-state index contributed by atoms with van der Waals surface area (Å²) in [4.78, 5) is 6.74. The molecule has 14 heavy (non-hydrogen) atoms. The third-order valence-electron chi connectivity index (χ3n) is 1.55. The highest BCUT2D eigenvalue weighted by Crippen LogP contribution is 2.04. The van der Waals surface area contributed by atoms with Crippen LogP contribution in [0.1, 0.15) is 12.1 Å². The van der Waals surface area contributed by atoms with E-state index >= 15 is 0 Å². The molecule has 1 rings (SSSR count). The van der Waals surface area contributed by atoms with Gasteiger partial charge in [-0.15, -0.1) is 0 Å². The smallest absolute Gasteiger partial charge is 0.0646 e. The number of anilines is 1. The summed E-state index contributed by atoms with van der Waals surface area (Å²) in [5.41, 5.74) is 15.1. The molecule has 5 nitrogen and oxygen atoms in total. The molecular weight excluding hydrogens is 178 g/mol. The van der Waals surface area contributed by atoms with Crippen molar-refractivity contribution in [2.45, 2.75) is 6.42 Å². The summed E-state index contributed by atoms with van der Waals surface area (Å²) in [6.07, 6.45) is 6.11. The molecule has 0 fully saturated rings. The third-order valence-corrected chi connectivity index (χ3v) is 1.55. The summed E-state index contributed by atoms with van der Waals surface area (Å²) in [6, 6.07) is 3.52. The minimum absolute atomic E-state index is 0.468. The summed E-state index contributed by atoms with van der Waals surface area (Å²) in [5.74, 6) is 0. The molecule has 0 aliphatic heterocycles. The molecule has 2 N–H and O–H groups in total. The minimum atomic E-state index is 0.468. The van der Waals surface area contributed by atoms with E-state index in [0.717, 1.165) is 5.69 Å². The van der Waals surface area contributed by atoms with Crippen molar-refractivity contribution < 1.29 is 0 Å². The van der Waals surface area contributed by atoms with Gasteiger partial charge in [-0.3, -0.25) is 4.98 Å². The minimum Gasteiger partial charge on any atom is -0.399 e. The van der Waals surface area contributed by atoms with Crippen molar-refractivity contribution in [1.82, 2.24) is 4.98 Å². The summed E-state index contributed by atoms with van der Waals surface area (Å²) in [7, 11) is 0. The zero-order chi connectivity index (χ0) is 10.2. The maximum atomic E-state index is 8.02. The van der Waals surface area contributed by atoms with E-state index < -0.39 is 0 Å². The Hall–Kier alpha value is -2.00. The van der Waals surface area contributed by atoms with Gasteiger partial charge in [-0.05, 0) is 30.2 Å². The van der Waals surface area contributed by atoms with Crippen LogP contribution >= 0.6 is 0 Å². The monoisotopic (exact) mass is 189 g/mol. The molecule has 0 amide bonds. The maximum absolute atomic E-state index is 8.02. The molecule has 0 aliphatic carbocycles. The van der Waals surface area contributed by atoms with E-state index in [-0.39, 0.29) is 0 Å². The standard InChI is InChI=1S/C9H11N5/c10-8-4-6-12-9(7-8)3-1-2-5-13-14-11/h1,3-4,6-7H,2,5H2,(H2,10,12). The molecule has 0 aromatic carbocycles. The summed E-state index contributed by atoms with van der Waals surface area (Å²) in [6.45, 7) is 0.468. The van der Waals surface area contributed by atoms with Crippen LogP contribution in [0.5, 0.6) is 0 Å². The Kier molecular flexibility index (Phi) is 4.04. The van der Waals surface area contributed by atoms with Crippen molar-refractivity contribution in [2.75, 3.05) is 12.3 Å². The lowest BCUT2D eigenvalue weighted by Crippen LogP contribution is -1.87. The van der Waals surface area contributed by atoms with Crippen LogP contribution in [0.15, 0.2) is 29.5 Å². The molecule has 1 aromatic heterocycles. The summed E-state index contributed by atoms with van der Waals surface area (Å²) < 4.78 is 0. The van der Waals surface area contributed by atoms with Crippen molar-refractivity contribution >= 4 is 11.8 Å². The highest BCUT2D eigenvalue weighted by atomic mass is 15.1. The molecule has 0 radical (unpaired) electrons. The van der Waals surface area contributed by atoms with Gasteiger partial charge >= 0.3 is 0 Å². The van der Waals surface area contributed by atoms with Crippen LogP contribution in [0, 0.1) is 0 Å². The number of azide groups is 1. The van der Waals surface area contributed by atoms with Crippen molar-refractivity contribution in [2.24, 2.45) is 5.11 Å². The fourth-order valence-corrected chi connectivity index (χ4v) is 0.938. The number of aromatic nitrogens is 1. The Morgan fingerprint density at radius 3 is 3.21 bits per heavy atom. The van der Waals surface area contributed by atoms with Gasteiger partial charge in [-0.1, -0.05) is 11.2 Å². The van der Waals surface area contributed by atoms with Gasteiger partial charge in [0.15, 0.2) is 0 Å². The first-order chi connectivity index (χ1) is 6.83. The molecular formula is C9H11N5. The summed E-state index contributed by atoms with van der Waals surface area (Å²) >= 11 is 0. The Morgan fingerprint density at radius 2 is 2.50 bits per heavy atom. The first-order valence-electron chi connectivity index (χ1n) is 4.22. The molecule has 0 bridgehead atoms. The van der Waals surface area contributed by atoms with E-state index in [9.17, 15) is 0 Å². The second kappa shape index (κ2) is 5.61. The van der Waals surface area contributed by atoms with E-state index in [1.165, 1.54) is 0 Å². The number of pyridine rings is 1. The van der Waals surface area contributed by atoms with Gasteiger partial charge < -0.3 is 5.73 Å². The van der Waals surface area contributed by atoms with Crippen molar-refractivity contribution in [3.8, 4) is 0 Å². The van der Waals surface area contributed by atoms with Crippen LogP contribution in [-0.4, -0.2) is 11.5 Å². The molecule has 0 aliphatic rings. The fraction of sp³-hybridized carbons (Fsp3) is 0.222. The quantitative estimate of drug-likeness (QED) is 0.341. The normalized spacial score (nSPS) is 10.0. The Labute approximate surface area is 81.9 Å². The maximum Gasteiger partial charge on any atom is 0.0646 e. The molecule has 1 aromatic rings. The van der Waals surface area contributed by atoms with Gasteiger partial charge in [-0.2, -0.15) is 0 Å².